The maximum Gasteiger partial charge on any atom is 0.244 e. The van der Waals surface area contributed by atoms with E-state index < -0.39 is 10.0 Å². The number of benzene rings is 1. The highest BCUT2D eigenvalue weighted by atomic mass is 79.9. The molecule has 0 spiro atoms. The molecule has 1 saturated heterocycles. The Morgan fingerprint density at radius 2 is 1.89 bits per heavy atom. The van der Waals surface area contributed by atoms with Gasteiger partial charge >= 0.3 is 0 Å². The third-order valence-electron chi connectivity index (χ3n) is 2.83. The van der Waals surface area contributed by atoms with Gasteiger partial charge in [0.25, 0.3) is 0 Å². The molecular weight excluding hydrogens is 336 g/mol. The summed E-state index contributed by atoms with van der Waals surface area (Å²) in [6.07, 6.45) is 0. The van der Waals surface area contributed by atoms with Gasteiger partial charge in [-0.15, -0.1) is 0 Å². The van der Waals surface area contributed by atoms with E-state index in [4.69, 9.17) is 9.47 Å². The first-order chi connectivity index (χ1) is 8.97. The molecule has 0 aliphatic carbocycles. The molecule has 1 aliphatic heterocycles. The topological polar surface area (TPSA) is 76.7 Å². The SMILES string of the molecule is COc1cc(OC)c(S(=O)(=O)NC2CNC2)cc1Br. The zero-order valence-electron chi connectivity index (χ0n) is 10.6. The van der Waals surface area contributed by atoms with Gasteiger partial charge in [0.05, 0.1) is 18.7 Å². The van der Waals surface area contributed by atoms with E-state index in [1.54, 1.807) is 0 Å². The minimum Gasteiger partial charge on any atom is -0.495 e. The smallest absolute Gasteiger partial charge is 0.244 e. The van der Waals surface area contributed by atoms with E-state index in [-0.39, 0.29) is 16.7 Å². The Balaban J connectivity index is 2.39. The molecule has 1 fully saturated rings. The fourth-order valence-corrected chi connectivity index (χ4v) is 3.77. The fourth-order valence-electron chi connectivity index (χ4n) is 1.70. The predicted molar refractivity (Wildman–Crippen MR) is 74.2 cm³/mol. The third-order valence-corrected chi connectivity index (χ3v) is 4.99. The van der Waals surface area contributed by atoms with Crippen molar-refractivity contribution < 1.29 is 17.9 Å². The first-order valence-corrected chi connectivity index (χ1v) is 7.90. The molecule has 0 radical (unpaired) electrons. The zero-order chi connectivity index (χ0) is 14.0. The van der Waals surface area contributed by atoms with Crippen molar-refractivity contribution in [3.8, 4) is 11.5 Å². The standard InChI is InChI=1S/C11H15BrN2O4S/c1-17-9-4-10(18-2)11(3-8(9)12)19(15,16)14-7-5-13-6-7/h3-4,7,13-14H,5-6H2,1-2H3. The quantitative estimate of drug-likeness (QED) is 0.818. The van der Waals surface area contributed by atoms with Crippen molar-refractivity contribution >= 4 is 26.0 Å². The summed E-state index contributed by atoms with van der Waals surface area (Å²) in [5.41, 5.74) is 0. The molecule has 106 valence electrons. The largest absolute Gasteiger partial charge is 0.495 e. The second kappa shape index (κ2) is 5.66. The van der Waals surface area contributed by atoms with Crippen LogP contribution in [0.25, 0.3) is 0 Å². The molecule has 0 aromatic heterocycles. The second-order valence-electron chi connectivity index (χ2n) is 4.11. The highest BCUT2D eigenvalue weighted by molar-refractivity contribution is 9.10. The number of halogens is 1. The van der Waals surface area contributed by atoms with Gasteiger partial charge in [-0.05, 0) is 22.0 Å². The Bertz CT molecular complexity index is 572. The summed E-state index contributed by atoms with van der Waals surface area (Å²) in [6.45, 7) is 1.28. The van der Waals surface area contributed by atoms with Gasteiger partial charge in [-0.1, -0.05) is 0 Å². The maximum absolute atomic E-state index is 12.3. The van der Waals surface area contributed by atoms with Crippen LogP contribution >= 0.6 is 15.9 Å². The van der Waals surface area contributed by atoms with Crippen LogP contribution in [-0.2, 0) is 10.0 Å². The van der Waals surface area contributed by atoms with Gasteiger partial charge in [0.15, 0.2) is 0 Å². The highest BCUT2D eigenvalue weighted by Gasteiger charge is 2.27. The number of hydrogen-bond acceptors (Lipinski definition) is 5. The van der Waals surface area contributed by atoms with Crippen LogP contribution in [0.3, 0.4) is 0 Å². The molecule has 1 heterocycles. The van der Waals surface area contributed by atoms with Crippen LogP contribution in [0.5, 0.6) is 11.5 Å². The summed E-state index contributed by atoms with van der Waals surface area (Å²) in [4.78, 5) is 0.0922. The zero-order valence-corrected chi connectivity index (χ0v) is 13.0. The lowest BCUT2D eigenvalue weighted by atomic mass is 10.2. The molecule has 0 amide bonds. The Morgan fingerprint density at radius 3 is 2.37 bits per heavy atom. The van der Waals surface area contributed by atoms with Crippen LogP contribution in [0.2, 0.25) is 0 Å². The summed E-state index contributed by atoms with van der Waals surface area (Å²) in [5, 5.41) is 3.01. The van der Waals surface area contributed by atoms with Crippen molar-refractivity contribution in [3.63, 3.8) is 0 Å². The van der Waals surface area contributed by atoms with Gasteiger partial charge < -0.3 is 14.8 Å². The van der Waals surface area contributed by atoms with Gasteiger partial charge in [-0.25, -0.2) is 13.1 Å². The van der Waals surface area contributed by atoms with Gasteiger partial charge in [0.1, 0.15) is 16.4 Å². The van der Waals surface area contributed by atoms with E-state index >= 15 is 0 Å². The van der Waals surface area contributed by atoms with Gasteiger partial charge in [0.2, 0.25) is 10.0 Å². The molecule has 6 nitrogen and oxygen atoms in total. The second-order valence-corrected chi connectivity index (χ2v) is 6.65. The van der Waals surface area contributed by atoms with Crippen LogP contribution in [0.15, 0.2) is 21.5 Å². The Morgan fingerprint density at radius 1 is 1.26 bits per heavy atom. The minimum atomic E-state index is -3.61. The van der Waals surface area contributed by atoms with Crippen molar-refractivity contribution in [3.05, 3.63) is 16.6 Å². The van der Waals surface area contributed by atoms with Crippen molar-refractivity contribution in [2.75, 3.05) is 27.3 Å². The van der Waals surface area contributed by atoms with E-state index in [1.807, 2.05) is 0 Å². The molecular formula is C11H15BrN2O4S. The van der Waals surface area contributed by atoms with Gasteiger partial charge in [0, 0.05) is 25.2 Å². The molecule has 1 aromatic rings. The number of hydrogen-bond donors (Lipinski definition) is 2. The number of rotatable bonds is 5. The molecule has 0 unspecified atom stereocenters. The highest BCUT2D eigenvalue weighted by Crippen LogP contribution is 2.35. The molecule has 2 rings (SSSR count). The van der Waals surface area contributed by atoms with E-state index in [9.17, 15) is 8.42 Å². The number of sulfonamides is 1. The monoisotopic (exact) mass is 350 g/mol. The van der Waals surface area contributed by atoms with Crippen molar-refractivity contribution in [1.82, 2.24) is 10.0 Å². The fraction of sp³-hybridized carbons (Fsp3) is 0.455. The Kier molecular flexibility index (Phi) is 4.34. The number of methoxy groups -OCH3 is 2. The molecule has 0 atom stereocenters. The molecule has 0 saturated carbocycles. The Hall–Kier alpha value is -0.830. The summed E-state index contributed by atoms with van der Waals surface area (Å²) >= 11 is 3.28. The van der Waals surface area contributed by atoms with Gasteiger partial charge in [-0.2, -0.15) is 0 Å². The summed E-state index contributed by atoms with van der Waals surface area (Å²) in [6, 6.07) is 2.94. The molecule has 1 aromatic carbocycles. The van der Waals surface area contributed by atoms with Crippen LogP contribution in [0.1, 0.15) is 0 Å². The van der Waals surface area contributed by atoms with Crippen LogP contribution < -0.4 is 19.5 Å². The Labute approximate surface area is 120 Å². The van der Waals surface area contributed by atoms with Crippen LogP contribution in [-0.4, -0.2) is 41.8 Å². The summed E-state index contributed by atoms with van der Waals surface area (Å²) in [7, 11) is -0.682. The van der Waals surface area contributed by atoms with Crippen molar-refractivity contribution in [1.29, 1.82) is 0 Å². The van der Waals surface area contributed by atoms with Crippen LogP contribution in [0.4, 0.5) is 0 Å². The summed E-state index contributed by atoms with van der Waals surface area (Å²) in [5.74, 6) is 0.765. The van der Waals surface area contributed by atoms with Gasteiger partial charge in [-0.3, -0.25) is 0 Å². The summed E-state index contributed by atoms with van der Waals surface area (Å²) < 4.78 is 38.0. The third kappa shape index (κ3) is 3.02. The minimum absolute atomic E-state index is 0.0735. The average Bonchev–Trinajstić information content (AvgIpc) is 2.34. The maximum atomic E-state index is 12.3. The first-order valence-electron chi connectivity index (χ1n) is 5.62. The lowest BCUT2D eigenvalue weighted by molar-refractivity contribution is 0.382. The molecule has 0 bridgehead atoms. The number of nitrogens with one attached hydrogen (secondary N) is 2. The first kappa shape index (κ1) is 14.6. The molecule has 2 N–H and O–H groups in total. The average molecular weight is 351 g/mol. The molecule has 1 aliphatic rings. The van der Waals surface area contributed by atoms with E-state index in [1.165, 1.54) is 26.4 Å². The molecule has 19 heavy (non-hydrogen) atoms. The molecule has 8 heteroatoms. The van der Waals surface area contributed by atoms with E-state index in [0.717, 1.165) is 0 Å². The van der Waals surface area contributed by atoms with Crippen molar-refractivity contribution in [2.45, 2.75) is 10.9 Å². The predicted octanol–water partition coefficient (Wildman–Crippen LogP) is 0.716. The van der Waals surface area contributed by atoms with Crippen molar-refractivity contribution in [2.24, 2.45) is 0 Å². The normalized spacial score (nSPS) is 15.9. The van der Waals surface area contributed by atoms with E-state index in [2.05, 4.69) is 26.0 Å². The van der Waals surface area contributed by atoms with Crippen LogP contribution in [0, 0.1) is 0 Å². The number of ether oxygens (including phenoxy) is 2. The van der Waals surface area contributed by atoms with E-state index in [0.29, 0.717) is 23.3 Å². The lowest BCUT2D eigenvalue weighted by Crippen LogP contribution is -2.56. The lowest BCUT2D eigenvalue weighted by Gasteiger charge is -2.28.